The first-order chi connectivity index (χ1) is 9.69. The van der Waals surface area contributed by atoms with Crippen LogP contribution < -0.4 is 11.1 Å². The Labute approximate surface area is 125 Å². The molecule has 4 rings (SSSR count). The monoisotopic (exact) mass is 278 g/mol. The second-order valence-corrected chi connectivity index (χ2v) is 8.15. The molecule has 1 atom stereocenters. The summed E-state index contributed by atoms with van der Waals surface area (Å²) < 4.78 is 0. The zero-order valence-corrected chi connectivity index (χ0v) is 13.4. The van der Waals surface area contributed by atoms with E-state index >= 15 is 0 Å². The number of nitrogens with two attached hydrogens (primary N) is 1. The van der Waals surface area contributed by atoms with Crippen LogP contribution >= 0.6 is 0 Å². The highest BCUT2D eigenvalue weighted by molar-refractivity contribution is 5.06. The molecule has 0 aliphatic heterocycles. The minimum absolute atomic E-state index is 0.243. The van der Waals surface area contributed by atoms with Gasteiger partial charge in [0.15, 0.2) is 0 Å². The minimum Gasteiger partial charge on any atom is -0.316 e. The number of nitrogens with one attached hydrogen (secondary N) is 1. The molecule has 2 heteroatoms. The Morgan fingerprint density at radius 2 is 1.50 bits per heavy atom. The summed E-state index contributed by atoms with van der Waals surface area (Å²) in [6.07, 6.45) is 17.0. The van der Waals surface area contributed by atoms with Crippen LogP contribution in [-0.2, 0) is 0 Å². The van der Waals surface area contributed by atoms with Crippen molar-refractivity contribution in [3.8, 4) is 0 Å². The summed E-state index contributed by atoms with van der Waals surface area (Å²) in [6.45, 7) is 2.28. The quantitative estimate of drug-likeness (QED) is 0.516. The van der Waals surface area contributed by atoms with Gasteiger partial charge < -0.3 is 5.73 Å². The molecule has 0 amide bonds. The first-order valence-electron chi connectivity index (χ1n) is 9.22. The summed E-state index contributed by atoms with van der Waals surface area (Å²) >= 11 is 0. The third-order valence-electron chi connectivity index (χ3n) is 6.15. The first-order valence-corrected chi connectivity index (χ1v) is 9.22. The van der Waals surface area contributed by atoms with Crippen molar-refractivity contribution >= 4 is 0 Å². The van der Waals surface area contributed by atoms with E-state index < -0.39 is 0 Å². The van der Waals surface area contributed by atoms with Crippen molar-refractivity contribution in [3.05, 3.63) is 0 Å². The molecule has 4 aliphatic rings. The number of hydrogen-bond acceptors (Lipinski definition) is 2. The lowest BCUT2D eigenvalue weighted by Gasteiger charge is -2.57. The molecule has 4 bridgehead atoms. The van der Waals surface area contributed by atoms with E-state index in [1.807, 2.05) is 0 Å². The maximum Gasteiger partial charge on any atom is 0.0550 e. The summed E-state index contributed by atoms with van der Waals surface area (Å²) in [5.74, 6) is 3.06. The van der Waals surface area contributed by atoms with E-state index in [1.54, 1.807) is 0 Å². The third-order valence-corrected chi connectivity index (χ3v) is 6.15. The molecule has 0 radical (unpaired) electrons. The topological polar surface area (TPSA) is 38.0 Å². The Balaban J connectivity index is 1.43. The van der Waals surface area contributed by atoms with Crippen LogP contribution in [0.1, 0.15) is 84.0 Å². The molecule has 0 saturated heterocycles. The smallest absolute Gasteiger partial charge is 0.0550 e. The van der Waals surface area contributed by atoms with Crippen LogP contribution in [0.4, 0.5) is 0 Å². The van der Waals surface area contributed by atoms with Crippen molar-refractivity contribution < 1.29 is 0 Å². The summed E-state index contributed by atoms with van der Waals surface area (Å²) in [4.78, 5) is 0. The van der Waals surface area contributed by atoms with Gasteiger partial charge in [0.2, 0.25) is 0 Å². The Morgan fingerprint density at radius 1 is 0.950 bits per heavy atom. The van der Waals surface area contributed by atoms with Crippen molar-refractivity contribution in [1.29, 1.82) is 0 Å². The fourth-order valence-electron chi connectivity index (χ4n) is 5.72. The van der Waals surface area contributed by atoms with Crippen molar-refractivity contribution in [3.63, 3.8) is 0 Å². The van der Waals surface area contributed by atoms with Crippen molar-refractivity contribution in [2.45, 2.75) is 95.7 Å². The maximum atomic E-state index is 6.40. The zero-order valence-electron chi connectivity index (χ0n) is 13.4. The lowest BCUT2D eigenvalue weighted by Crippen LogP contribution is -2.62. The fraction of sp³-hybridized carbons (Fsp3) is 1.00. The molecule has 4 aliphatic carbocycles. The van der Waals surface area contributed by atoms with E-state index in [0.29, 0.717) is 5.54 Å². The van der Waals surface area contributed by atoms with Crippen LogP contribution in [0.25, 0.3) is 0 Å². The third kappa shape index (κ3) is 3.39. The van der Waals surface area contributed by atoms with Gasteiger partial charge in [-0.15, -0.1) is 0 Å². The molecule has 0 heterocycles. The molecule has 3 N–H and O–H groups in total. The lowest BCUT2D eigenvalue weighted by atomic mass is 9.53. The van der Waals surface area contributed by atoms with Gasteiger partial charge in [-0.05, 0) is 62.7 Å². The second kappa shape index (κ2) is 6.36. The molecule has 0 aromatic heterocycles. The van der Waals surface area contributed by atoms with Crippen molar-refractivity contribution in [2.75, 3.05) is 0 Å². The van der Waals surface area contributed by atoms with Crippen LogP contribution in [0.15, 0.2) is 0 Å². The molecule has 0 spiro atoms. The number of hydrogen-bond donors (Lipinski definition) is 2. The highest BCUT2D eigenvalue weighted by atomic mass is 15.1. The van der Waals surface area contributed by atoms with E-state index in [1.165, 1.54) is 77.0 Å². The Morgan fingerprint density at radius 3 is 2.05 bits per heavy atom. The Kier molecular flexibility index (Phi) is 4.72. The van der Waals surface area contributed by atoms with Gasteiger partial charge in [-0.2, -0.15) is 0 Å². The van der Waals surface area contributed by atoms with Crippen LogP contribution in [0.3, 0.4) is 0 Å². The molecule has 0 aromatic rings. The van der Waals surface area contributed by atoms with Gasteiger partial charge in [0, 0.05) is 5.54 Å². The van der Waals surface area contributed by atoms with Gasteiger partial charge in [0.25, 0.3) is 0 Å². The van der Waals surface area contributed by atoms with E-state index in [2.05, 4.69) is 12.2 Å². The van der Waals surface area contributed by atoms with E-state index in [4.69, 9.17) is 5.73 Å². The molecule has 1 unspecified atom stereocenters. The lowest BCUT2D eigenvalue weighted by molar-refractivity contribution is -0.0255. The average Bonchev–Trinajstić information content (AvgIpc) is 2.36. The van der Waals surface area contributed by atoms with Crippen LogP contribution in [0.5, 0.6) is 0 Å². The minimum atomic E-state index is 0.243. The van der Waals surface area contributed by atoms with Crippen molar-refractivity contribution in [1.82, 2.24) is 5.32 Å². The highest BCUT2D eigenvalue weighted by Gasteiger charge is 2.51. The summed E-state index contributed by atoms with van der Waals surface area (Å²) in [7, 11) is 0. The summed E-state index contributed by atoms with van der Waals surface area (Å²) in [5.41, 5.74) is 6.84. The van der Waals surface area contributed by atoms with Gasteiger partial charge in [0.05, 0.1) is 6.17 Å². The normalized spacial score (nSPS) is 40.2. The number of rotatable bonds is 8. The largest absolute Gasteiger partial charge is 0.316 e. The fourth-order valence-corrected chi connectivity index (χ4v) is 5.72. The Bertz CT molecular complexity index is 277. The van der Waals surface area contributed by atoms with E-state index in [0.717, 1.165) is 17.8 Å². The average molecular weight is 278 g/mol. The molecule has 4 fully saturated rings. The Hall–Kier alpha value is -0.0800. The van der Waals surface area contributed by atoms with Gasteiger partial charge in [-0.25, -0.2) is 0 Å². The van der Waals surface area contributed by atoms with Gasteiger partial charge in [0.1, 0.15) is 0 Å². The van der Waals surface area contributed by atoms with Crippen LogP contribution in [0.2, 0.25) is 0 Å². The molecule has 4 saturated carbocycles. The predicted molar refractivity (Wildman–Crippen MR) is 85.4 cm³/mol. The SMILES string of the molecule is CCCCCCCC(N)NC12CC3CC(CC(C3)C1)C2. The van der Waals surface area contributed by atoms with E-state index in [-0.39, 0.29) is 6.17 Å². The first kappa shape index (κ1) is 14.8. The molecular weight excluding hydrogens is 244 g/mol. The van der Waals surface area contributed by atoms with Crippen LogP contribution in [0, 0.1) is 17.8 Å². The van der Waals surface area contributed by atoms with Gasteiger partial charge in [-0.1, -0.05) is 39.0 Å². The number of unbranched alkanes of at least 4 members (excludes halogenated alkanes) is 4. The highest BCUT2D eigenvalue weighted by Crippen LogP contribution is 2.55. The maximum absolute atomic E-state index is 6.40. The van der Waals surface area contributed by atoms with Crippen molar-refractivity contribution in [2.24, 2.45) is 23.5 Å². The van der Waals surface area contributed by atoms with Gasteiger partial charge in [-0.3, -0.25) is 5.32 Å². The standard InChI is InChI=1S/C18H34N2/c1-2-3-4-5-6-7-17(19)20-18-11-14-8-15(12-18)10-16(9-14)13-18/h14-17,20H,2-13,19H2,1H3. The summed E-state index contributed by atoms with van der Waals surface area (Å²) in [6, 6.07) is 0. The second-order valence-electron chi connectivity index (χ2n) is 8.15. The van der Waals surface area contributed by atoms with E-state index in [9.17, 15) is 0 Å². The predicted octanol–water partition coefficient (Wildman–Crippen LogP) is 4.19. The molecular formula is C18H34N2. The molecule has 116 valence electrons. The molecule has 0 aromatic carbocycles. The van der Waals surface area contributed by atoms with Crippen LogP contribution in [-0.4, -0.2) is 11.7 Å². The van der Waals surface area contributed by atoms with Gasteiger partial charge >= 0.3 is 0 Å². The molecule has 20 heavy (non-hydrogen) atoms. The summed E-state index contributed by atoms with van der Waals surface area (Å²) in [5, 5.41) is 3.89. The zero-order chi connectivity index (χ0) is 14.0. The molecule has 2 nitrogen and oxygen atoms in total.